The van der Waals surface area contributed by atoms with E-state index in [0.717, 1.165) is 29.3 Å². The minimum Gasteiger partial charge on any atom is -0.494 e. The number of unbranched alkanes of at least 4 members (excludes halogenated alkanes) is 1. The number of halogens is 1. The van der Waals surface area contributed by atoms with Gasteiger partial charge in [-0.05, 0) is 77.9 Å². The fraction of sp³-hybridized carbons (Fsp3) is 0.278. The zero-order valence-electron chi connectivity index (χ0n) is 25.4. The van der Waals surface area contributed by atoms with Gasteiger partial charge in [-0.25, -0.2) is 4.99 Å². The summed E-state index contributed by atoms with van der Waals surface area (Å²) in [6.45, 7) is 0.932. The van der Waals surface area contributed by atoms with E-state index in [1.54, 1.807) is 12.1 Å². The number of aryl methyl sites for hydroxylation is 1. The Morgan fingerprint density at radius 2 is 1.72 bits per heavy atom. The van der Waals surface area contributed by atoms with E-state index in [-0.39, 0.29) is 18.9 Å². The summed E-state index contributed by atoms with van der Waals surface area (Å²) in [6.07, 6.45) is 2.56. The number of aliphatic imine (C=N–C) groups is 1. The number of rotatable bonds is 15. The monoisotopic (exact) mass is 681 g/mol. The number of nitrogens with zero attached hydrogens (tertiary/aromatic N) is 4. The first-order valence-electron chi connectivity index (χ1n) is 15.3. The van der Waals surface area contributed by atoms with Crippen molar-refractivity contribution in [3.05, 3.63) is 140 Å². The molecule has 10 heteroatoms. The van der Waals surface area contributed by atoms with Crippen LogP contribution in [0, 0.1) is 0 Å². The first-order chi connectivity index (χ1) is 22.5. The van der Waals surface area contributed by atoms with Crippen LogP contribution in [0.3, 0.4) is 0 Å². The molecule has 0 unspecified atom stereocenters. The lowest BCUT2D eigenvalue weighted by Gasteiger charge is -2.31. The highest BCUT2D eigenvalue weighted by Crippen LogP contribution is 2.44. The van der Waals surface area contributed by atoms with Crippen LogP contribution in [-0.4, -0.2) is 42.2 Å². The number of benzene rings is 4. The molecule has 0 saturated heterocycles. The predicted molar refractivity (Wildman–Crippen MR) is 182 cm³/mol. The van der Waals surface area contributed by atoms with Crippen molar-refractivity contribution in [1.29, 1.82) is 0 Å². The first kappa shape index (κ1) is 32.8. The van der Waals surface area contributed by atoms with E-state index in [1.807, 2.05) is 78.9 Å². The zero-order chi connectivity index (χ0) is 32.2. The molecule has 236 valence electrons. The van der Waals surface area contributed by atoms with Crippen molar-refractivity contribution in [2.75, 3.05) is 19.8 Å². The number of aliphatic hydroxyl groups is 1. The maximum Gasteiger partial charge on any atom is 0.252 e. The predicted octanol–water partition coefficient (Wildman–Crippen LogP) is 7.79. The summed E-state index contributed by atoms with van der Waals surface area (Å²) < 4.78 is 13.2. The fourth-order valence-electron chi connectivity index (χ4n) is 5.47. The largest absolute Gasteiger partial charge is 0.494 e. The summed E-state index contributed by atoms with van der Waals surface area (Å²) in [4.78, 5) is 22.5. The average molecular weight is 683 g/mol. The topological polar surface area (TPSA) is 129 Å². The van der Waals surface area contributed by atoms with Gasteiger partial charge in [-0.3, -0.25) is 4.79 Å². The molecule has 1 amide bonds. The molecular weight excluding hydrogens is 646 g/mol. The maximum atomic E-state index is 14.5. The highest BCUT2D eigenvalue weighted by Gasteiger charge is 2.53. The lowest BCUT2D eigenvalue weighted by molar-refractivity contribution is -0.128. The summed E-state index contributed by atoms with van der Waals surface area (Å²) in [6, 6.07) is 32.5. The molecule has 0 spiro atoms. The van der Waals surface area contributed by atoms with Crippen LogP contribution in [-0.2, 0) is 22.4 Å². The van der Waals surface area contributed by atoms with E-state index in [2.05, 4.69) is 43.4 Å². The van der Waals surface area contributed by atoms with Gasteiger partial charge in [0.15, 0.2) is 11.6 Å². The van der Waals surface area contributed by atoms with Gasteiger partial charge in [-0.1, -0.05) is 87.8 Å². The molecule has 1 heterocycles. The Kier molecular flexibility index (Phi) is 11.5. The van der Waals surface area contributed by atoms with Crippen molar-refractivity contribution in [1.82, 2.24) is 5.32 Å². The Labute approximate surface area is 277 Å². The average Bonchev–Trinajstić information content (AvgIpc) is 3.47. The lowest BCUT2D eigenvalue weighted by atomic mass is 9.81. The molecule has 2 N–H and O–H groups in total. The number of hydrogen-bond donors (Lipinski definition) is 2. The molecule has 0 fully saturated rings. The van der Waals surface area contributed by atoms with Gasteiger partial charge in [0.05, 0.1) is 6.61 Å². The fourth-order valence-corrected chi connectivity index (χ4v) is 5.73. The number of amides is 1. The number of hydrogen-bond acceptors (Lipinski definition) is 6. The summed E-state index contributed by atoms with van der Waals surface area (Å²) in [5.41, 5.74) is 11.7. The molecule has 0 aromatic heterocycles. The molecule has 0 radical (unpaired) electrons. The van der Waals surface area contributed by atoms with Gasteiger partial charge in [0.1, 0.15) is 5.75 Å². The molecule has 5 rings (SSSR count). The van der Waals surface area contributed by atoms with Crippen LogP contribution in [0.25, 0.3) is 10.4 Å². The van der Waals surface area contributed by atoms with Crippen LogP contribution >= 0.6 is 15.9 Å². The van der Waals surface area contributed by atoms with E-state index in [1.165, 1.54) is 5.56 Å². The van der Waals surface area contributed by atoms with Crippen molar-refractivity contribution in [3.8, 4) is 5.75 Å². The lowest BCUT2D eigenvalue weighted by Crippen LogP contribution is -2.50. The molecule has 0 saturated carbocycles. The van der Waals surface area contributed by atoms with E-state index < -0.39 is 11.6 Å². The van der Waals surface area contributed by atoms with Crippen LogP contribution in [0.4, 0.5) is 5.69 Å². The van der Waals surface area contributed by atoms with Crippen molar-refractivity contribution < 1.29 is 19.4 Å². The summed E-state index contributed by atoms with van der Waals surface area (Å²) in [5, 5.41) is 16.1. The molecule has 46 heavy (non-hydrogen) atoms. The Balaban J connectivity index is 1.49. The minimum atomic E-state index is -1.40. The number of carbonyl (C=O) groups is 1. The molecule has 2 atom stereocenters. The Bertz CT molecular complexity index is 1680. The maximum absolute atomic E-state index is 14.5. The SMILES string of the molecule is [N-]=[N+]=Nc1ccccc1C[C@@]1(C(=O)NCCCCc2ccccc2)N=C(c2ccc(OCCCO)cc2)O[C@@H]1c1ccc(Br)cc1. The molecule has 4 aromatic carbocycles. The smallest absolute Gasteiger partial charge is 0.252 e. The minimum absolute atomic E-state index is 0.0557. The van der Waals surface area contributed by atoms with E-state index in [0.29, 0.717) is 48.0 Å². The van der Waals surface area contributed by atoms with Crippen LogP contribution in [0.15, 0.2) is 118 Å². The highest BCUT2D eigenvalue weighted by molar-refractivity contribution is 9.10. The van der Waals surface area contributed by atoms with Crippen molar-refractivity contribution >= 4 is 33.4 Å². The number of carbonyl (C=O) groups excluding carboxylic acids is 1. The summed E-state index contributed by atoms with van der Waals surface area (Å²) in [7, 11) is 0. The van der Waals surface area contributed by atoms with Gasteiger partial charge in [0.2, 0.25) is 5.90 Å². The number of nitrogens with one attached hydrogen (secondary N) is 1. The molecular formula is C36H36BrN5O4. The molecule has 4 aromatic rings. The second-order valence-electron chi connectivity index (χ2n) is 11.0. The molecule has 0 aliphatic carbocycles. The first-order valence-corrected chi connectivity index (χ1v) is 16.1. The van der Waals surface area contributed by atoms with Gasteiger partial charge in [0, 0.05) is 46.6 Å². The Hall–Kier alpha value is -4.63. The molecule has 1 aliphatic heterocycles. The third-order valence-corrected chi connectivity index (χ3v) is 8.36. The normalized spacial score (nSPS) is 17.0. The van der Waals surface area contributed by atoms with Crippen LogP contribution in [0.2, 0.25) is 0 Å². The third kappa shape index (κ3) is 8.14. The number of ether oxygens (including phenoxy) is 2. The van der Waals surface area contributed by atoms with Gasteiger partial charge in [-0.15, -0.1) is 0 Å². The third-order valence-electron chi connectivity index (χ3n) is 7.83. The quantitative estimate of drug-likeness (QED) is 0.0574. The molecule has 0 bridgehead atoms. The molecule has 9 nitrogen and oxygen atoms in total. The van der Waals surface area contributed by atoms with Gasteiger partial charge in [0.25, 0.3) is 5.91 Å². The van der Waals surface area contributed by atoms with Gasteiger partial charge >= 0.3 is 0 Å². The van der Waals surface area contributed by atoms with E-state index >= 15 is 0 Å². The van der Waals surface area contributed by atoms with Crippen LogP contribution < -0.4 is 10.1 Å². The van der Waals surface area contributed by atoms with Crippen molar-refractivity contribution in [3.63, 3.8) is 0 Å². The number of aliphatic hydroxyl groups excluding tert-OH is 1. The van der Waals surface area contributed by atoms with Crippen LogP contribution in [0.1, 0.15) is 47.6 Å². The van der Waals surface area contributed by atoms with Crippen molar-refractivity contribution in [2.45, 2.75) is 43.7 Å². The van der Waals surface area contributed by atoms with Gasteiger partial charge in [-0.2, -0.15) is 0 Å². The van der Waals surface area contributed by atoms with Crippen molar-refractivity contribution in [2.24, 2.45) is 10.1 Å². The number of azide groups is 1. The Morgan fingerprint density at radius 3 is 2.46 bits per heavy atom. The zero-order valence-corrected chi connectivity index (χ0v) is 27.0. The summed E-state index contributed by atoms with van der Waals surface area (Å²) in [5.74, 6) is 0.716. The Morgan fingerprint density at radius 1 is 0.978 bits per heavy atom. The van der Waals surface area contributed by atoms with Crippen LogP contribution in [0.5, 0.6) is 5.75 Å². The molecule has 1 aliphatic rings. The second kappa shape index (κ2) is 16.1. The summed E-state index contributed by atoms with van der Waals surface area (Å²) >= 11 is 3.51. The van der Waals surface area contributed by atoms with E-state index in [9.17, 15) is 10.3 Å². The highest BCUT2D eigenvalue weighted by atomic mass is 79.9. The standard InChI is InChI=1S/C36H36BrN5O4/c37-30-18-14-27(15-19-30)33-36(25-29-12-4-5-13-32(29)41-42-38,35(44)39-22-7-6-11-26-9-2-1-3-10-26)40-34(46-33)28-16-20-31(21-17-28)45-24-8-23-43/h1-5,9-10,12-21,33,43H,6-8,11,22-25H2,(H,39,44)/t33-,36-/m1/s1. The van der Waals surface area contributed by atoms with E-state index in [4.69, 9.17) is 19.6 Å². The second-order valence-corrected chi connectivity index (χ2v) is 11.9. The van der Waals surface area contributed by atoms with Gasteiger partial charge < -0.3 is 19.9 Å².